The molecular weight excluding hydrogens is 248 g/mol. The Bertz CT molecular complexity index is 382. The summed E-state index contributed by atoms with van der Waals surface area (Å²) in [6.07, 6.45) is 10.4. The molecule has 0 radical (unpaired) electrons. The van der Waals surface area contributed by atoms with Crippen LogP contribution in [0.5, 0.6) is 0 Å². The van der Waals surface area contributed by atoms with E-state index in [1.54, 1.807) is 0 Å². The molecule has 4 nitrogen and oxygen atoms in total. The van der Waals surface area contributed by atoms with Crippen molar-refractivity contribution < 1.29 is 0 Å². The number of hydrogen-bond donors (Lipinski definition) is 1. The highest BCUT2D eigenvalue weighted by atomic mass is 15.2. The number of aromatic nitrogens is 2. The number of hydrogen-bond acceptors (Lipinski definition) is 4. The van der Waals surface area contributed by atoms with E-state index in [9.17, 15) is 0 Å². The van der Waals surface area contributed by atoms with Gasteiger partial charge in [0.15, 0.2) is 0 Å². The lowest BCUT2D eigenvalue weighted by Crippen LogP contribution is -2.35. The van der Waals surface area contributed by atoms with Gasteiger partial charge in [0.25, 0.3) is 0 Å². The lowest BCUT2D eigenvalue weighted by atomic mass is 10.1. The van der Waals surface area contributed by atoms with E-state index in [0.717, 1.165) is 30.5 Å². The highest BCUT2D eigenvalue weighted by Crippen LogP contribution is 2.27. The maximum Gasteiger partial charge on any atom is 0.147 e. The molecule has 0 atom stereocenters. The molecule has 2 rings (SSSR count). The predicted octanol–water partition coefficient (Wildman–Crippen LogP) is 2.99. The van der Waals surface area contributed by atoms with Gasteiger partial charge in [-0.3, -0.25) is 4.98 Å². The zero-order valence-corrected chi connectivity index (χ0v) is 13.1. The average Bonchev–Trinajstić information content (AvgIpc) is 2.95. The molecule has 1 fully saturated rings. The largest absolute Gasteiger partial charge is 0.352 e. The third-order valence-electron chi connectivity index (χ3n) is 4.06. The molecule has 1 saturated carbocycles. The molecule has 4 heteroatoms. The predicted molar refractivity (Wildman–Crippen MR) is 83.9 cm³/mol. The number of rotatable bonds is 7. The van der Waals surface area contributed by atoms with E-state index in [0.29, 0.717) is 6.04 Å². The van der Waals surface area contributed by atoms with Crippen LogP contribution in [0.15, 0.2) is 12.4 Å². The van der Waals surface area contributed by atoms with Gasteiger partial charge in [0.1, 0.15) is 5.82 Å². The van der Waals surface area contributed by atoms with Crippen molar-refractivity contribution in [2.75, 3.05) is 18.5 Å². The quantitative estimate of drug-likeness (QED) is 0.831. The highest BCUT2D eigenvalue weighted by molar-refractivity contribution is 5.37. The van der Waals surface area contributed by atoms with E-state index in [1.165, 1.54) is 32.1 Å². The summed E-state index contributed by atoms with van der Waals surface area (Å²) in [5.74, 6) is 1.79. The Hall–Kier alpha value is -1.16. The molecule has 1 aliphatic carbocycles. The molecule has 1 aliphatic rings. The maximum absolute atomic E-state index is 4.64. The Morgan fingerprint density at radius 3 is 2.55 bits per heavy atom. The number of nitrogens with one attached hydrogen (secondary N) is 1. The van der Waals surface area contributed by atoms with Crippen molar-refractivity contribution in [3.63, 3.8) is 0 Å². The molecule has 0 aromatic carbocycles. The molecule has 1 N–H and O–H groups in total. The minimum Gasteiger partial charge on any atom is -0.352 e. The smallest absolute Gasteiger partial charge is 0.147 e. The molecule has 1 heterocycles. The summed E-state index contributed by atoms with van der Waals surface area (Å²) < 4.78 is 0. The van der Waals surface area contributed by atoms with Crippen LogP contribution in [0.2, 0.25) is 0 Å². The van der Waals surface area contributed by atoms with Crippen LogP contribution < -0.4 is 10.2 Å². The van der Waals surface area contributed by atoms with Crippen molar-refractivity contribution >= 4 is 5.82 Å². The van der Waals surface area contributed by atoms with E-state index in [-0.39, 0.29) is 0 Å². The molecule has 0 spiro atoms. The molecule has 0 unspecified atom stereocenters. The van der Waals surface area contributed by atoms with Gasteiger partial charge < -0.3 is 10.2 Å². The van der Waals surface area contributed by atoms with Crippen LogP contribution in [0.3, 0.4) is 0 Å². The lowest BCUT2D eigenvalue weighted by molar-refractivity contribution is 0.524. The first kappa shape index (κ1) is 15.2. The van der Waals surface area contributed by atoms with Gasteiger partial charge in [0.05, 0.1) is 18.1 Å². The average molecular weight is 276 g/mol. The first-order valence-electron chi connectivity index (χ1n) is 7.93. The van der Waals surface area contributed by atoms with Crippen molar-refractivity contribution in [3.8, 4) is 0 Å². The first-order valence-corrected chi connectivity index (χ1v) is 7.93. The van der Waals surface area contributed by atoms with Gasteiger partial charge in [-0.1, -0.05) is 26.7 Å². The van der Waals surface area contributed by atoms with Crippen LogP contribution in [-0.4, -0.2) is 29.6 Å². The van der Waals surface area contributed by atoms with Gasteiger partial charge in [-0.05, 0) is 32.2 Å². The molecule has 0 bridgehead atoms. The highest BCUT2D eigenvalue weighted by Gasteiger charge is 2.23. The van der Waals surface area contributed by atoms with Crippen molar-refractivity contribution in [3.05, 3.63) is 18.1 Å². The third-order valence-corrected chi connectivity index (χ3v) is 4.06. The summed E-state index contributed by atoms with van der Waals surface area (Å²) in [4.78, 5) is 11.7. The zero-order chi connectivity index (χ0) is 14.4. The Labute approximate surface area is 123 Å². The fraction of sp³-hybridized carbons (Fsp3) is 0.750. The van der Waals surface area contributed by atoms with Crippen LogP contribution in [0.25, 0.3) is 0 Å². The van der Waals surface area contributed by atoms with Crippen LogP contribution in [0.4, 0.5) is 5.82 Å². The normalized spacial score (nSPS) is 16.0. The second-order valence-corrected chi connectivity index (χ2v) is 6.21. The molecule has 20 heavy (non-hydrogen) atoms. The van der Waals surface area contributed by atoms with E-state index in [4.69, 9.17) is 0 Å². The fourth-order valence-electron chi connectivity index (χ4n) is 2.87. The second-order valence-electron chi connectivity index (χ2n) is 6.21. The standard InChI is InChI=1S/C16H28N4/c1-13(2)8-9-20(15-6-4-5-7-15)16-12-18-14(10-17-3)11-19-16/h11-13,15,17H,4-10H2,1-3H3. The molecule has 1 aromatic heterocycles. The van der Waals surface area contributed by atoms with Gasteiger partial charge in [0.2, 0.25) is 0 Å². The topological polar surface area (TPSA) is 41.1 Å². The Morgan fingerprint density at radius 2 is 2.00 bits per heavy atom. The van der Waals surface area contributed by atoms with Crippen LogP contribution in [0, 0.1) is 5.92 Å². The maximum atomic E-state index is 4.64. The lowest BCUT2D eigenvalue weighted by Gasteiger charge is -2.30. The number of anilines is 1. The second kappa shape index (κ2) is 7.58. The summed E-state index contributed by atoms with van der Waals surface area (Å²) in [5.41, 5.74) is 1.01. The summed E-state index contributed by atoms with van der Waals surface area (Å²) in [6, 6.07) is 0.665. The summed E-state index contributed by atoms with van der Waals surface area (Å²) in [5, 5.41) is 3.11. The Balaban J connectivity index is 2.07. The SMILES string of the molecule is CNCc1cnc(N(CCC(C)C)C2CCCC2)cn1. The molecule has 0 saturated heterocycles. The van der Waals surface area contributed by atoms with Crippen molar-refractivity contribution in [2.24, 2.45) is 5.92 Å². The van der Waals surface area contributed by atoms with Gasteiger partial charge in [0, 0.05) is 19.1 Å². The molecular formula is C16H28N4. The van der Waals surface area contributed by atoms with E-state index in [1.807, 2.05) is 19.4 Å². The van der Waals surface area contributed by atoms with Crippen molar-refractivity contribution in [1.29, 1.82) is 0 Å². The van der Waals surface area contributed by atoms with Crippen molar-refractivity contribution in [1.82, 2.24) is 15.3 Å². The summed E-state index contributed by atoms with van der Waals surface area (Å²) in [6.45, 7) is 6.45. The minimum absolute atomic E-state index is 0.665. The number of nitrogens with zero attached hydrogens (tertiary/aromatic N) is 3. The molecule has 0 amide bonds. The first-order chi connectivity index (χ1) is 9.70. The van der Waals surface area contributed by atoms with E-state index >= 15 is 0 Å². The molecule has 0 aliphatic heterocycles. The monoisotopic (exact) mass is 276 g/mol. The third kappa shape index (κ3) is 4.17. The van der Waals surface area contributed by atoms with Gasteiger partial charge in [-0.25, -0.2) is 4.98 Å². The van der Waals surface area contributed by atoms with Crippen LogP contribution >= 0.6 is 0 Å². The van der Waals surface area contributed by atoms with E-state index in [2.05, 4.69) is 34.0 Å². The van der Waals surface area contributed by atoms with Crippen LogP contribution in [-0.2, 0) is 6.54 Å². The molecule has 1 aromatic rings. The molecule has 112 valence electrons. The van der Waals surface area contributed by atoms with Gasteiger partial charge in [-0.2, -0.15) is 0 Å². The minimum atomic E-state index is 0.665. The van der Waals surface area contributed by atoms with Crippen LogP contribution in [0.1, 0.15) is 51.6 Å². The zero-order valence-electron chi connectivity index (χ0n) is 13.1. The summed E-state index contributed by atoms with van der Waals surface area (Å²) in [7, 11) is 1.93. The van der Waals surface area contributed by atoms with E-state index < -0.39 is 0 Å². The fourth-order valence-corrected chi connectivity index (χ4v) is 2.87. The Kier molecular flexibility index (Phi) is 5.77. The summed E-state index contributed by atoms with van der Waals surface area (Å²) >= 11 is 0. The van der Waals surface area contributed by atoms with Crippen molar-refractivity contribution in [2.45, 2.75) is 58.5 Å². The van der Waals surface area contributed by atoms with Gasteiger partial charge in [-0.15, -0.1) is 0 Å². The van der Waals surface area contributed by atoms with Gasteiger partial charge >= 0.3 is 0 Å². The Morgan fingerprint density at radius 1 is 1.25 bits per heavy atom.